The Balaban J connectivity index is 1.54. The largest absolute Gasteiger partial charge is 0.345 e. The molecule has 24 heavy (non-hydrogen) atoms. The summed E-state index contributed by atoms with van der Waals surface area (Å²) in [7, 11) is 2.27. The van der Waals surface area contributed by atoms with E-state index in [1.54, 1.807) is 0 Å². The number of halogens is 1. The van der Waals surface area contributed by atoms with Crippen LogP contribution >= 0.6 is 11.6 Å². The number of H-pyrrole nitrogens is 1. The van der Waals surface area contributed by atoms with E-state index in [9.17, 15) is 0 Å². The van der Waals surface area contributed by atoms with Crippen LogP contribution in [0.2, 0.25) is 5.15 Å². The fraction of sp³-hybridized carbons (Fsp3) is 0.421. The topological polar surface area (TPSA) is 36.9 Å². The van der Waals surface area contributed by atoms with Gasteiger partial charge >= 0.3 is 0 Å². The number of aromatic nitrogens is 3. The lowest BCUT2D eigenvalue weighted by molar-refractivity contribution is 0.103. The van der Waals surface area contributed by atoms with Gasteiger partial charge in [-0.25, -0.2) is 4.98 Å². The summed E-state index contributed by atoms with van der Waals surface area (Å²) in [5.41, 5.74) is 3.97. The highest BCUT2D eigenvalue weighted by Crippen LogP contribution is 2.46. The number of benzene rings is 1. The molecule has 0 spiro atoms. The Kier molecular flexibility index (Phi) is 3.25. The predicted molar refractivity (Wildman–Crippen MR) is 96.5 cm³/mol. The molecule has 3 atom stereocenters. The van der Waals surface area contributed by atoms with Crippen LogP contribution in [0.4, 0.5) is 0 Å². The number of nitrogens with zero attached hydrogens (tertiary/aromatic N) is 3. The van der Waals surface area contributed by atoms with E-state index in [1.807, 2.05) is 12.5 Å². The van der Waals surface area contributed by atoms with Crippen LogP contribution < -0.4 is 0 Å². The fourth-order valence-electron chi connectivity index (χ4n) is 4.92. The average molecular weight is 341 g/mol. The summed E-state index contributed by atoms with van der Waals surface area (Å²) in [5.74, 6) is 1.23. The smallest absolute Gasteiger partial charge is 0.110 e. The SMILES string of the molecule is CN1C[C@H](Cn2ccnc2)CC2c3cccc4[nH]c(Cl)c(c34)C[C@H]21. The molecule has 5 rings (SSSR count). The van der Waals surface area contributed by atoms with Gasteiger partial charge in [0.2, 0.25) is 0 Å². The Bertz CT molecular complexity index is 882. The van der Waals surface area contributed by atoms with Gasteiger partial charge in [0.15, 0.2) is 0 Å². The van der Waals surface area contributed by atoms with E-state index in [0.717, 1.165) is 24.7 Å². The van der Waals surface area contributed by atoms with Crippen molar-refractivity contribution in [2.24, 2.45) is 5.92 Å². The minimum atomic E-state index is 0.551. The van der Waals surface area contributed by atoms with Crippen molar-refractivity contribution in [1.82, 2.24) is 19.4 Å². The molecule has 3 aromatic rings. The summed E-state index contributed by atoms with van der Waals surface area (Å²) in [5, 5.41) is 2.20. The van der Waals surface area contributed by atoms with Crippen molar-refractivity contribution in [1.29, 1.82) is 0 Å². The zero-order valence-corrected chi connectivity index (χ0v) is 14.5. The van der Waals surface area contributed by atoms with E-state index in [0.29, 0.717) is 17.9 Å². The van der Waals surface area contributed by atoms with Crippen LogP contribution in [0.25, 0.3) is 10.9 Å². The number of nitrogens with one attached hydrogen (secondary N) is 1. The van der Waals surface area contributed by atoms with Crippen molar-refractivity contribution in [2.75, 3.05) is 13.6 Å². The molecular formula is C19H21ClN4. The summed E-state index contributed by atoms with van der Waals surface area (Å²) >= 11 is 6.49. The molecule has 0 saturated carbocycles. The van der Waals surface area contributed by atoms with E-state index < -0.39 is 0 Å². The maximum absolute atomic E-state index is 6.49. The van der Waals surface area contributed by atoms with E-state index >= 15 is 0 Å². The van der Waals surface area contributed by atoms with Crippen LogP contribution in [0.15, 0.2) is 36.9 Å². The third kappa shape index (κ3) is 2.13. The summed E-state index contributed by atoms with van der Waals surface area (Å²) in [4.78, 5) is 10.1. The monoisotopic (exact) mass is 340 g/mol. The highest BCUT2D eigenvalue weighted by Gasteiger charge is 2.40. The van der Waals surface area contributed by atoms with E-state index in [2.05, 4.69) is 50.9 Å². The highest BCUT2D eigenvalue weighted by molar-refractivity contribution is 6.32. The standard InChI is InChI=1S/C19H21ClN4/c1-23-9-12(10-24-6-5-21-11-24)7-14-13-3-2-4-16-18(13)15(8-17(14)23)19(20)22-16/h2-6,11-12,14,17,22H,7-10H2,1H3/t12-,14?,17-/m1/s1. The van der Waals surface area contributed by atoms with Crippen LogP contribution in [-0.4, -0.2) is 39.1 Å². The molecule has 1 unspecified atom stereocenters. The van der Waals surface area contributed by atoms with E-state index in [4.69, 9.17) is 11.6 Å². The minimum absolute atomic E-state index is 0.551. The van der Waals surface area contributed by atoms with Gasteiger partial charge in [0.05, 0.1) is 6.33 Å². The normalized spacial score (nSPS) is 26.7. The van der Waals surface area contributed by atoms with E-state index in [1.165, 1.54) is 28.5 Å². The molecule has 2 aromatic heterocycles. The lowest BCUT2D eigenvalue weighted by Crippen LogP contribution is -2.48. The molecule has 0 radical (unpaired) electrons. The second-order valence-corrected chi connectivity index (χ2v) is 7.74. The molecular weight excluding hydrogens is 320 g/mol. The molecule has 1 N–H and O–H groups in total. The number of imidazole rings is 1. The van der Waals surface area contributed by atoms with Gasteiger partial charge in [-0.3, -0.25) is 0 Å². The first-order chi connectivity index (χ1) is 11.7. The fourth-order valence-corrected chi connectivity index (χ4v) is 5.20. The summed E-state index contributed by atoms with van der Waals surface area (Å²) in [6.45, 7) is 2.18. The van der Waals surface area contributed by atoms with Crippen molar-refractivity contribution >= 4 is 22.5 Å². The van der Waals surface area contributed by atoms with Crippen LogP contribution in [0, 0.1) is 5.92 Å². The lowest BCUT2D eigenvalue weighted by Gasteiger charge is -2.45. The Hall–Kier alpha value is -1.78. The first kappa shape index (κ1) is 14.6. The van der Waals surface area contributed by atoms with Crippen molar-refractivity contribution in [3.05, 3.63) is 53.2 Å². The molecule has 1 aromatic carbocycles. The van der Waals surface area contributed by atoms with Crippen molar-refractivity contribution < 1.29 is 0 Å². The molecule has 4 nitrogen and oxygen atoms in total. The summed E-state index contributed by atoms with van der Waals surface area (Å²) in [6, 6.07) is 7.16. The summed E-state index contributed by atoms with van der Waals surface area (Å²) < 4.78 is 2.21. The number of fused-ring (bicyclic) bond motifs is 2. The van der Waals surface area contributed by atoms with Crippen LogP contribution in [0.1, 0.15) is 23.5 Å². The van der Waals surface area contributed by atoms with Gasteiger partial charge in [-0.05, 0) is 43.0 Å². The molecule has 5 heteroatoms. The second kappa shape index (κ2) is 5.36. The molecule has 124 valence electrons. The third-order valence-corrected chi connectivity index (χ3v) is 6.24. The highest BCUT2D eigenvalue weighted by atomic mass is 35.5. The Morgan fingerprint density at radius 2 is 2.29 bits per heavy atom. The maximum atomic E-state index is 6.49. The maximum Gasteiger partial charge on any atom is 0.110 e. The molecule has 0 bridgehead atoms. The summed E-state index contributed by atoms with van der Waals surface area (Å²) in [6.07, 6.45) is 8.14. The lowest BCUT2D eigenvalue weighted by atomic mass is 9.72. The molecule has 1 saturated heterocycles. The van der Waals surface area contributed by atoms with Gasteiger partial charge in [-0.15, -0.1) is 0 Å². The number of aromatic amines is 1. The first-order valence-electron chi connectivity index (χ1n) is 8.65. The van der Waals surface area contributed by atoms with Gasteiger partial charge in [0.1, 0.15) is 5.15 Å². The van der Waals surface area contributed by atoms with Crippen LogP contribution in [-0.2, 0) is 13.0 Å². The molecule has 3 heterocycles. The van der Waals surface area contributed by atoms with Gasteiger partial charge in [0, 0.05) is 48.3 Å². The van der Waals surface area contributed by atoms with E-state index in [-0.39, 0.29) is 0 Å². The van der Waals surface area contributed by atoms with Crippen molar-refractivity contribution in [3.8, 4) is 0 Å². The Morgan fingerprint density at radius 3 is 3.12 bits per heavy atom. The number of hydrogen-bond donors (Lipinski definition) is 1. The Labute approximate surface area is 146 Å². The number of hydrogen-bond acceptors (Lipinski definition) is 2. The Morgan fingerprint density at radius 1 is 1.38 bits per heavy atom. The number of likely N-dealkylation sites (tertiary alicyclic amines) is 1. The quantitative estimate of drug-likeness (QED) is 0.772. The molecule has 1 aliphatic heterocycles. The zero-order valence-electron chi connectivity index (χ0n) is 13.7. The minimum Gasteiger partial charge on any atom is -0.345 e. The molecule has 0 amide bonds. The first-order valence-corrected chi connectivity index (χ1v) is 9.03. The zero-order chi connectivity index (χ0) is 16.3. The average Bonchev–Trinajstić information content (AvgIpc) is 3.18. The van der Waals surface area contributed by atoms with Gasteiger partial charge in [-0.1, -0.05) is 23.7 Å². The van der Waals surface area contributed by atoms with Crippen molar-refractivity contribution in [3.63, 3.8) is 0 Å². The molecule has 1 fully saturated rings. The van der Waals surface area contributed by atoms with Crippen LogP contribution in [0.5, 0.6) is 0 Å². The van der Waals surface area contributed by atoms with Crippen molar-refractivity contribution in [2.45, 2.75) is 31.3 Å². The third-order valence-electron chi connectivity index (χ3n) is 5.91. The predicted octanol–water partition coefficient (Wildman–Crippen LogP) is 3.68. The number of piperidine rings is 1. The van der Waals surface area contributed by atoms with Gasteiger partial charge in [-0.2, -0.15) is 0 Å². The molecule has 1 aliphatic carbocycles. The second-order valence-electron chi connectivity index (χ2n) is 7.37. The van der Waals surface area contributed by atoms with Gasteiger partial charge < -0.3 is 14.5 Å². The van der Waals surface area contributed by atoms with Crippen LogP contribution in [0.3, 0.4) is 0 Å². The number of likely N-dealkylation sites (N-methyl/N-ethyl adjacent to an activating group) is 1. The molecule has 2 aliphatic rings. The van der Waals surface area contributed by atoms with Gasteiger partial charge in [0.25, 0.3) is 0 Å². The number of rotatable bonds is 2.